The van der Waals surface area contributed by atoms with E-state index in [1.165, 1.54) is 27.8 Å². The molecule has 0 nitrogen and oxygen atoms in total. The van der Waals surface area contributed by atoms with E-state index in [9.17, 15) is 0 Å². The van der Waals surface area contributed by atoms with Crippen LogP contribution in [-0.4, -0.2) is 0 Å². The van der Waals surface area contributed by atoms with Crippen LogP contribution in [0.2, 0.25) is 0 Å². The summed E-state index contributed by atoms with van der Waals surface area (Å²) in [5.41, 5.74) is 7.06. The van der Waals surface area contributed by atoms with Crippen molar-refractivity contribution in [2.75, 3.05) is 0 Å². The molecule has 0 N–H and O–H groups in total. The Kier molecular flexibility index (Phi) is 14.1. The molecule has 1 aromatic carbocycles. The van der Waals surface area contributed by atoms with Crippen LogP contribution in [0.25, 0.3) is 0 Å². The fraction of sp³-hybridized carbons (Fsp3) is 0.333. The van der Waals surface area contributed by atoms with E-state index in [-0.39, 0.29) is 58.9 Å². The van der Waals surface area contributed by atoms with Gasteiger partial charge in [-0.15, -0.1) is 0 Å². The topological polar surface area (TPSA) is 0 Å². The van der Waals surface area contributed by atoms with Crippen LogP contribution in [0, 0.1) is 26.8 Å². The van der Waals surface area contributed by atoms with Gasteiger partial charge in [0, 0.05) is 0 Å². The van der Waals surface area contributed by atoms with E-state index in [1.54, 1.807) is 0 Å². The molecule has 0 atom stereocenters. The molecule has 0 radical (unpaired) electrons. The van der Waals surface area contributed by atoms with E-state index in [4.69, 9.17) is 0 Å². The quantitative estimate of drug-likeness (QED) is 0.369. The van der Waals surface area contributed by atoms with E-state index in [0.29, 0.717) is 0 Å². The molecule has 0 aromatic heterocycles. The Bertz CT molecular complexity index is 451. The molecule has 0 saturated carbocycles. The molecule has 0 bridgehead atoms. The monoisotopic (exact) mass is 350 g/mol. The third kappa shape index (κ3) is 6.51. The Morgan fingerprint density at radius 2 is 1.68 bits per heavy atom. The van der Waals surface area contributed by atoms with Gasteiger partial charge in [0.2, 0.25) is 0 Å². The molecule has 1 aromatic rings. The standard InChI is InChI=1S/C15H17.3ClH.Ti/c1-11-8-12(2)13(3)15(9-11)10-14-6-4-5-7-14;;;;/h4-5,8-9H,6,10H2,1-3H3;3*1H;/q-1;;;;+4/p-3. The van der Waals surface area contributed by atoms with Crippen molar-refractivity contribution in [3.63, 3.8) is 0 Å². The van der Waals surface area contributed by atoms with Crippen LogP contribution in [0.5, 0.6) is 0 Å². The van der Waals surface area contributed by atoms with Gasteiger partial charge in [0.15, 0.2) is 0 Å². The molecule has 0 spiro atoms. The van der Waals surface area contributed by atoms with Gasteiger partial charge in [0.25, 0.3) is 0 Å². The number of hydrogen-bond donors (Lipinski definition) is 0. The summed E-state index contributed by atoms with van der Waals surface area (Å²) >= 11 is 0. The van der Waals surface area contributed by atoms with Crippen LogP contribution < -0.4 is 37.2 Å². The molecule has 102 valence electrons. The summed E-state index contributed by atoms with van der Waals surface area (Å²) in [4.78, 5) is 0. The van der Waals surface area contributed by atoms with Crippen LogP contribution in [0.1, 0.15) is 28.7 Å². The first-order valence-corrected chi connectivity index (χ1v) is 5.50. The van der Waals surface area contributed by atoms with E-state index in [2.05, 4.69) is 45.1 Å². The molecule has 0 amide bonds. The van der Waals surface area contributed by atoms with Gasteiger partial charge in [0.1, 0.15) is 0 Å². The molecule has 1 aliphatic carbocycles. The van der Waals surface area contributed by atoms with Gasteiger partial charge in [-0.2, -0.15) is 5.57 Å². The minimum absolute atomic E-state index is 0. The predicted molar refractivity (Wildman–Crippen MR) is 64.9 cm³/mol. The Morgan fingerprint density at radius 3 is 2.21 bits per heavy atom. The Labute approximate surface area is 150 Å². The van der Waals surface area contributed by atoms with Gasteiger partial charge in [-0.3, -0.25) is 6.08 Å². The SMILES string of the molecule is Cc1cc(C)c(C)c(CC2=[C-]C=CC2)c1.[Cl-].[Cl-].[Cl-].[Ti+4]. The van der Waals surface area contributed by atoms with Crippen molar-refractivity contribution < 1.29 is 58.9 Å². The van der Waals surface area contributed by atoms with E-state index in [0.717, 1.165) is 12.8 Å². The van der Waals surface area contributed by atoms with Crippen molar-refractivity contribution >= 4 is 0 Å². The second kappa shape index (κ2) is 11.0. The van der Waals surface area contributed by atoms with Crippen LogP contribution >= 0.6 is 0 Å². The Balaban J connectivity index is -0.000000640. The minimum Gasteiger partial charge on any atom is -1.00 e. The summed E-state index contributed by atoms with van der Waals surface area (Å²) in [5.74, 6) is 0. The first-order chi connectivity index (χ1) is 7.16. The maximum atomic E-state index is 3.31. The number of aryl methyl sites for hydroxylation is 2. The molecule has 0 aliphatic heterocycles. The Hall–Kier alpha value is 0.284. The normalized spacial score (nSPS) is 11.4. The first-order valence-electron chi connectivity index (χ1n) is 5.50. The van der Waals surface area contributed by atoms with Crippen LogP contribution in [-0.2, 0) is 28.1 Å². The molecule has 0 fully saturated rings. The van der Waals surface area contributed by atoms with Gasteiger partial charge in [-0.1, -0.05) is 24.1 Å². The van der Waals surface area contributed by atoms with Crippen molar-refractivity contribution in [2.24, 2.45) is 0 Å². The average molecular weight is 352 g/mol. The van der Waals surface area contributed by atoms with Gasteiger partial charge >= 0.3 is 21.7 Å². The van der Waals surface area contributed by atoms with Crippen molar-refractivity contribution in [1.29, 1.82) is 0 Å². The third-order valence-electron chi connectivity index (χ3n) is 3.09. The van der Waals surface area contributed by atoms with Crippen molar-refractivity contribution in [2.45, 2.75) is 33.6 Å². The van der Waals surface area contributed by atoms with Crippen molar-refractivity contribution in [3.8, 4) is 0 Å². The van der Waals surface area contributed by atoms with Crippen molar-refractivity contribution in [3.05, 3.63) is 58.2 Å². The summed E-state index contributed by atoms with van der Waals surface area (Å²) in [6, 6.07) is 4.55. The number of rotatable bonds is 2. The molecular formula is C15H17Cl3Ti. The summed E-state index contributed by atoms with van der Waals surface area (Å²) < 4.78 is 0. The smallest absolute Gasteiger partial charge is 1.00 e. The molecule has 1 aliphatic rings. The second-order valence-corrected chi connectivity index (χ2v) is 4.40. The zero-order valence-electron chi connectivity index (χ0n) is 11.4. The Morgan fingerprint density at radius 1 is 1.05 bits per heavy atom. The van der Waals surface area contributed by atoms with Crippen LogP contribution in [0.3, 0.4) is 0 Å². The van der Waals surface area contributed by atoms with Gasteiger partial charge in [0.05, 0.1) is 0 Å². The molecule has 2 rings (SSSR count). The van der Waals surface area contributed by atoms with E-state index < -0.39 is 0 Å². The average Bonchev–Trinajstić information content (AvgIpc) is 2.66. The van der Waals surface area contributed by atoms with Crippen LogP contribution in [0.15, 0.2) is 29.9 Å². The fourth-order valence-electron chi connectivity index (χ4n) is 2.10. The predicted octanol–water partition coefficient (Wildman–Crippen LogP) is -5.15. The van der Waals surface area contributed by atoms with Gasteiger partial charge in [-0.25, -0.2) is 12.2 Å². The zero-order valence-corrected chi connectivity index (χ0v) is 15.2. The van der Waals surface area contributed by atoms with E-state index in [1.807, 2.05) is 6.08 Å². The fourth-order valence-corrected chi connectivity index (χ4v) is 2.10. The molecule has 4 heteroatoms. The van der Waals surface area contributed by atoms with Crippen molar-refractivity contribution in [1.82, 2.24) is 0 Å². The summed E-state index contributed by atoms with van der Waals surface area (Å²) in [5, 5.41) is 0. The minimum atomic E-state index is 0. The number of benzene rings is 1. The summed E-state index contributed by atoms with van der Waals surface area (Å²) in [6.45, 7) is 6.57. The number of allylic oxidation sites excluding steroid dienone is 4. The third-order valence-corrected chi connectivity index (χ3v) is 3.09. The van der Waals surface area contributed by atoms with E-state index >= 15 is 0 Å². The maximum Gasteiger partial charge on any atom is 4.00 e. The summed E-state index contributed by atoms with van der Waals surface area (Å²) in [6.07, 6.45) is 9.65. The van der Waals surface area contributed by atoms with Gasteiger partial charge in [-0.05, 0) is 43.9 Å². The molecule has 0 heterocycles. The van der Waals surface area contributed by atoms with Gasteiger partial charge < -0.3 is 37.2 Å². The zero-order chi connectivity index (χ0) is 10.8. The van der Waals surface area contributed by atoms with Crippen LogP contribution in [0.4, 0.5) is 0 Å². The molecular weight excluding hydrogens is 334 g/mol. The first kappa shape index (κ1) is 24.3. The maximum absolute atomic E-state index is 3.31. The summed E-state index contributed by atoms with van der Waals surface area (Å²) in [7, 11) is 0. The number of halogens is 3. The number of hydrogen-bond acceptors (Lipinski definition) is 0. The molecule has 0 saturated heterocycles. The second-order valence-electron chi connectivity index (χ2n) is 4.40. The largest absolute Gasteiger partial charge is 4.00 e. The molecule has 0 unspecified atom stereocenters. The molecule has 19 heavy (non-hydrogen) atoms.